The standard InChI is InChI=1S/C19H19N5O6S/c1-12-2-3-14(24(28)29)11-16(12)20-19(31)21-18(25)15-10-13(23(26)27)4-5-17(15)22-6-8-30-9-7-22/h2-5,10-11H,6-9H2,1H3,(H2,20,21,25,31). The minimum absolute atomic E-state index is 0.0898. The van der Waals surface area contributed by atoms with Crippen LogP contribution >= 0.6 is 12.2 Å². The van der Waals surface area contributed by atoms with Crippen LogP contribution in [0, 0.1) is 27.2 Å². The Labute approximate surface area is 182 Å². The van der Waals surface area contributed by atoms with Gasteiger partial charge in [0.25, 0.3) is 17.3 Å². The number of aryl methyl sites for hydroxylation is 1. The number of thiocarbonyl (C=S) groups is 1. The number of nitrogens with one attached hydrogen (secondary N) is 2. The molecule has 1 aliphatic rings. The molecule has 12 heteroatoms. The van der Waals surface area contributed by atoms with E-state index in [4.69, 9.17) is 17.0 Å². The number of nitrogens with zero attached hydrogens (tertiary/aromatic N) is 3. The lowest BCUT2D eigenvalue weighted by Gasteiger charge is -2.30. The summed E-state index contributed by atoms with van der Waals surface area (Å²) in [6, 6.07) is 8.29. The van der Waals surface area contributed by atoms with E-state index in [9.17, 15) is 25.0 Å². The van der Waals surface area contributed by atoms with E-state index in [1.54, 1.807) is 13.0 Å². The number of ether oxygens (including phenoxy) is 1. The second-order valence-corrected chi connectivity index (χ2v) is 7.13. The average Bonchev–Trinajstić information content (AvgIpc) is 2.75. The number of benzene rings is 2. The van der Waals surface area contributed by atoms with Gasteiger partial charge in [0.1, 0.15) is 0 Å². The molecule has 0 spiro atoms. The molecule has 1 amide bonds. The molecule has 0 atom stereocenters. The molecule has 31 heavy (non-hydrogen) atoms. The van der Waals surface area contributed by atoms with E-state index >= 15 is 0 Å². The number of nitro benzene ring substituents is 2. The summed E-state index contributed by atoms with van der Waals surface area (Å²) in [5.41, 5.74) is 1.32. The zero-order valence-electron chi connectivity index (χ0n) is 16.5. The smallest absolute Gasteiger partial charge is 0.271 e. The molecular formula is C19H19N5O6S. The van der Waals surface area contributed by atoms with E-state index in [-0.39, 0.29) is 22.1 Å². The predicted molar refractivity (Wildman–Crippen MR) is 118 cm³/mol. The van der Waals surface area contributed by atoms with Crippen molar-refractivity contribution in [1.29, 1.82) is 0 Å². The molecular weight excluding hydrogens is 426 g/mol. The van der Waals surface area contributed by atoms with Crippen molar-refractivity contribution in [3.8, 4) is 0 Å². The molecule has 0 radical (unpaired) electrons. The third kappa shape index (κ3) is 5.29. The van der Waals surface area contributed by atoms with Crippen molar-refractivity contribution >= 4 is 46.0 Å². The fourth-order valence-electron chi connectivity index (χ4n) is 3.08. The molecule has 0 unspecified atom stereocenters. The number of carbonyl (C=O) groups is 1. The maximum atomic E-state index is 12.9. The molecule has 1 fully saturated rings. The third-order valence-corrected chi connectivity index (χ3v) is 4.90. The van der Waals surface area contributed by atoms with Gasteiger partial charge in [-0.15, -0.1) is 0 Å². The minimum Gasteiger partial charge on any atom is -0.378 e. The first-order valence-corrected chi connectivity index (χ1v) is 9.65. The van der Waals surface area contributed by atoms with Crippen molar-refractivity contribution in [1.82, 2.24) is 5.32 Å². The Morgan fingerprint density at radius 3 is 2.32 bits per heavy atom. The highest BCUT2D eigenvalue weighted by Crippen LogP contribution is 2.27. The maximum Gasteiger partial charge on any atom is 0.271 e. The summed E-state index contributed by atoms with van der Waals surface area (Å²) in [4.78, 5) is 35.9. The van der Waals surface area contributed by atoms with Crippen LogP contribution in [0.5, 0.6) is 0 Å². The molecule has 11 nitrogen and oxygen atoms in total. The van der Waals surface area contributed by atoms with Gasteiger partial charge < -0.3 is 15.0 Å². The van der Waals surface area contributed by atoms with Gasteiger partial charge in [0.2, 0.25) is 0 Å². The molecule has 0 aliphatic carbocycles. The molecule has 162 valence electrons. The predicted octanol–water partition coefficient (Wildman–Crippen LogP) is 2.77. The fraction of sp³-hybridized carbons (Fsp3) is 0.263. The second-order valence-electron chi connectivity index (χ2n) is 6.72. The monoisotopic (exact) mass is 445 g/mol. The summed E-state index contributed by atoms with van der Waals surface area (Å²) in [7, 11) is 0. The van der Waals surface area contributed by atoms with Crippen LogP contribution in [0.25, 0.3) is 0 Å². The summed E-state index contributed by atoms with van der Waals surface area (Å²) in [5, 5.41) is 27.4. The fourth-order valence-corrected chi connectivity index (χ4v) is 3.28. The number of nitro groups is 2. The Balaban J connectivity index is 1.82. The van der Waals surface area contributed by atoms with Gasteiger partial charge >= 0.3 is 0 Å². The highest BCUT2D eigenvalue weighted by atomic mass is 32.1. The zero-order valence-corrected chi connectivity index (χ0v) is 17.3. The molecule has 2 aromatic rings. The van der Waals surface area contributed by atoms with Crippen LogP contribution in [0.3, 0.4) is 0 Å². The average molecular weight is 445 g/mol. The Kier molecular flexibility index (Phi) is 6.72. The van der Waals surface area contributed by atoms with Gasteiger partial charge in [-0.2, -0.15) is 0 Å². The van der Waals surface area contributed by atoms with Crippen molar-refractivity contribution < 1.29 is 19.4 Å². The van der Waals surface area contributed by atoms with Crippen molar-refractivity contribution in [2.75, 3.05) is 36.5 Å². The van der Waals surface area contributed by atoms with Crippen molar-refractivity contribution in [3.63, 3.8) is 0 Å². The first kappa shape index (κ1) is 22.1. The highest BCUT2D eigenvalue weighted by Gasteiger charge is 2.23. The molecule has 2 N–H and O–H groups in total. The summed E-state index contributed by atoms with van der Waals surface area (Å²) < 4.78 is 5.32. The minimum atomic E-state index is -0.634. The van der Waals surface area contributed by atoms with Crippen LogP contribution in [0.1, 0.15) is 15.9 Å². The molecule has 0 aromatic heterocycles. The van der Waals surface area contributed by atoms with Gasteiger partial charge in [-0.25, -0.2) is 0 Å². The quantitative estimate of drug-likeness (QED) is 0.404. The largest absolute Gasteiger partial charge is 0.378 e. The molecule has 1 heterocycles. The van der Waals surface area contributed by atoms with E-state index < -0.39 is 15.8 Å². The number of non-ortho nitro benzene ring substituents is 2. The Morgan fingerprint density at radius 1 is 1.06 bits per heavy atom. The van der Waals surface area contributed by atoms with Crippen LogP contribution < -0.4 is 15.5 Å². The van der Waals surface area contributed by atoms with Gasteiger partial charge in [0.05, 0.1) is 34.3 Å². The first-order valence-electron chi connectivity index (χ1n) is 9.25. The number of hydrogen-bond donors (Lipinski definition) is 2. The number of anilines is 2. The van der Waals surface area contributed by atoms with Crippen LogP contribution in [-0.4, -0.2) is 47.2 Å². The molecule has 2 aromatic carbocycles. The molecule has 0 bridgehead atoms. The molecule has 1 saturated heterocycles. The van der Waals surface area contributed by atoms with Crippen molar-refractivity contribution in [2.45, 2.75) is 6.92 Å². The first-order chi connectivity index (χ1) is 14.8. The summed E-state index contributed by atoms with van der Waals surface area (Å²) in [6.07, 6.45) is 0. The van der Waals surface area contributed by atoms with E-state index in [0.717, 1.165) is 0 Å². The summed E-state index contributed by atoms with van der Waals surface area (Å²) in [5.74, 6) is -0.634. The maximum absolute atomic E-state index is 12.9. The lowest BCUT2D eigenvalue weighted by Crippen LogP contribution is -2.39. The van der Waals surface area contributed by atoms with E-state index in [1.807, 2.05) is 4.90 Å². The Bertz CT molecular complexity index is 1050. The highest BCUT2D eigenvalue weighted by molar-refractivity contribution is 7.80. The van der Waals surface area contributed by atoms with Crippen LogP contribution in [0.2, 0.25) is 0 Å². The van der Waals surface area contributed by atoms with Crippen LogP contribution in [0.15, 0.2) is 36.4 Å². The topological polar surface area (TPSA) is 140 Å². The Morgan fingerprint density at radius 2 is 1.68 bits per heavy atom. The number of amides is 1. The number of morpholine rings is 1. The van der Waals surface area contributed by atoms with Gasteiger partial charge in [-0.3, -0.25) is 30.3 Å². The van der Waals surface area contributed by atoms with E-state index in [2.05, 4.69) is 10.6 Å². The van der Waals surface area contributed by atoms with Crippen LogP contribution in [-0.2, 0) is 4.74 Å². The van der Waals surface area contributed by atoms with Crippen LogP contribution in [0.4, 0.5) is 22.7 Å². The zero-order chi connectivity index (χ0) is 22.5. The number of rotatable bonds is 5. The van der Waals surface area contributed by atoms with Gasteiger partial charge in [-0.1, -0.05) is 6.07 Å². The third-order valence-electron chi connectivity index (χ3n) is 4.69. The summed E-state index contributed by atoms with van der Waals surface area (Å²) >= 11 is 5.18. The molecule has 1 aliphatic heterocycles. The Hall–Kier alpha value is -3.64. The van der Waals surface area contributed by atoms with Gasteiger partial charge in [0.15, 0.2) is 5.11 Å². The summed E-state index contributed by atoms with van der Waals surface area (Å²) in [6.45, 7) is 3.75. The lowest BCUT2D eigenvalue weighted by atomic mass is 10.1. The SMILES string of the molecule is Cc1ccc([N+](=O)[O-])cc1NC(=S)NC(=O)c1cc([N+](=O)[O-])ccc1N1CCOCC1. The van der Waals surface area contributed by atoms with Crippen molar-refractivity contribution in [2.24, 2.45) is 0 Å². The lowest BCUT2D eigenvalue weighted by molar-refractivity contribution is -0.385. The molecule has 0 saturated carbocycles. The van der Waals surface area contributed by atoms with Gasteiger partial charge in [0, 0.05) is 43.0 Å². The van der Waals surface area contributed by atoms with Crippen molar-refractivity contribution in [3.05, 3.63) is 67.8 Å². The molecule has 3 rings (SSSR count). The van der Waals surface area contributed by atoms with Gasteiger partial charge in [-0.05, 0) is 30.8 Å². The number of hydrogen-bond acceptors (Lipinski definition) is 8. The van der Waals surface area contributed by atoms with E-state index in [1.165, 1.54) is 30.3 Å². The normalized spacial score (nSPS) is 13.4. The van der Waals surface area contributed by atoms with E-state index in [0.29, 0.717) is 43.2 Å². The number of carbonyl (C=O) groups excluding carboxylic acids is 1. The second kappa shape index (κ2) is 9.45.